The zero-order valence-corrected chi connectivity index (χ0v) is 24.5. The lowest BCUT2D eigenvalue weighted by Crippen LogP contribution is -2.32. The number of carbonyl (C=O) groups is 4. The van der Waals surface area contributed by atoms with Gasteiger partial charge in [-0.2, -0.15) is 0 Å². The Bertz CT molecular complexity index is 1780. The first-order valence-electron chi connectivity index (χ1n) is 14.3. The Morgan fingerprint density at radius 3 is 2.44 bits per heavy atom. The van der Waals surface area contributed by atoms with E-state index in [1.807, 2.05) is 50.2 Å². The van der Waals surface area contributed by atoms with E-state index in [0.29, 0.717) is 58.8 Å². The van der Waals surface area contributed by atoms with Crippen LogP contribution in [0.15, 0.2) is 52.9 Å². The van der Waals surface area contributed by atoms with E-state index in [-0.39, 0.29) is 25.2 Å². The van der Waals surface area contributed by atoms with Crippen LogP contribution in [0.25, 0.3) is 33.4 Å². The van der Waals surface area contributed by atoms with Crippen molar-refractivity contribution in [3.05, 3.63) is 70.6 Å². The summed E-state index contributed by atoms with van der Waals surface area (Å²) in [5, 5.41) is 10.1. The molecule has 3 amide bonds. The minimum atomic E-state index is -0.624. The minimum Gasteiger partial charge on any atom is -0.456 e. The zero-order chi connectivity index (χ0) is 30.8. The van der Waals surface area contributed by atoms with Gasteiger partial charge in [-0.15, -0.1) is 5.06 Å². The minimum absolute atomic E-state index is 0.0572. The summed E-state index contributed by atoms with van der Waals surface area (Å²) in [5.74, 6) is -1.24. The summed E-state index contributed by atoms with van der Waals surface area (Å²) in [6.07, 6.45) is 1.99. The number of hydrogen-bond acceptors (Lipinski definition) is 8. The number of nitrogen functional groups attached to an aromatic ring is 1. The lowest BCUT2D eigenvalue weighted by molar-refractivity contribution is -0.197. The molecular weight excluding hydrogens is 548 g/mol. The quantitative estimate of drug-likeness (QED) is 0.120. The topological polar surface area (TPSA) is 147 Å². The number of hydrogen-bond donors (Lipinski definition) is 2. The van der Waals surface area contributed by atoms with Crippen molar-refractivity contribution in [3.63, 3.8) is 0 Å². The van der Waals surface area contributed by atoms with Crippen LogP contribution in [0.1, 0.15) is 60.0 Å². The molecule has 3 N–H and O–H groups in total. The molecule has 0 spiro atoms. The van der Waals surface area contributed by atoms with Gasteiger partial charge in [0.1, 0.15) is 11.3 Å². The van der Waals surface area contributed by atoms with Crippen molar-refractivity contribution in [2.75, 3.05) is 19.3 Å². The third-order valence-corrected chi connectivity index (χ3v) is 7.80. The number of imide groups is 1. The van der Waals surface area contributed by atoms with E-state index in [1.165, 1.54) is 0 Å². The van der Waals surface area contributed by atoms with Crippen LogP contribution in [-0.4, -0.2) is 47.2 Å². The molecule has 1 fully saturated rings. The number of nitrogens with zero attached hydrogens (tertiary/aromatic N) is 2. The van der Waals surface area contributed by atoms with Crippen LogP contribution in [0.5, 0.6) is 0 Å². The van der Waals surface area contributed by atoms with Crippen LogP contribution >= 0.6 is 0 Å². The number of fused-ring (bicyclic) bond motifs is 2. The van der Waals surface area contributed by atoms with Crippen molar-refractivity contribution in [1.29, 1.82) is 5.41 Å². The van der Waals surface area contributed by atoms with E-state index in [9.17, 15) is 19.2 Å². The van der Waals surface area contributed by atoms with Crippen molar-refractivity contribution in [1.82, 2.24) is 9.96 Å². The molecule has 0 saturated carbocycles. The maximum Gasteiger partial charge on any atom is 0.333 e. The first-order valence-corrected chi connectivity index (χ1v) is 14.3. The van der Waals surface area contributed by atoms with Crippen LogP contribution in [0, 0.1) is 19.3 Å². The Hall–Kier alpha value is -4.99. The molecule has 1 aliphatic carbocycles. The molecule has 10 heteroatoms. The Kier molecular flexibility index (Phi) is 8.29. The van der Waals surface area contributed by atoms with Gasteiger partial charge in [0.25, 0.3) is 17.7 Å². The van der Waals surface area contributed by atoms with Crippen molar-refractivity contribution >= 4 is 40.3 Å². The second-order valence-electron chi connectivity index (χ2n) is 11.0. The molecule has 2 aromatic rings. The lowest BCUT2D eigenvalue weighted by Gasteiger charge is -2.22. The first kappa shape index (κ1) is 29.5. The second kappa shape index (κ2) is 12.1. The fraction of sp³-hybridized carbons (Fsp3) is 0.303. The van der Waals surface area contributed by atoms with Gasteiger partial charge in [-0.1, -0.05) is 24.6 Å². The van der Waals surface area contributed by atoms with E-state index >= 15 is 0 Å². The number of carbonyl (C=O) groups excluding carboxylic acids is 4. The highest BCUT2D eigenvalue weighted by Crippen LogP contribution is 2.42. The number of nitrogens with two attached hydrogens (primary N) is 1. The van der Waals surface area contributed by atoms with Gasteiger partial charge in [0.2, 0.25) is 0 Å². The smallest absolute Gasteiger partial charge is 0.333 e. The molecule has 0 unspecified atom stereocenters. The van der Waals surface area contributed by atoms with Crippen LogP contribution in [0.2, 0.25) is 0 Å². The van der Waals surface area contributed by atoms with Gasteiger partial charge < -0.3 is 25.3 Å². The zero-order valence-electron chi connectivity index (χ0n) is 24.5. The molecule has 2 heterocycles. The fourth-order valence-corrected chi connectivity index (χ4v) is 5.30. The third-order valence-electron chi connectivity index (χ3n) is 7.80. The van der Waals surface area contributed by atoms with Gasteiger partial charge in [-0.25, -0.2) is 4.79 Å². The number of unbranched alkanes of at least 4 members (excludes halogenated alkanes) is 2. The van der Waals surface area contributed by atoms with Gasteiger partial charge in [0.15, 0.2) is 0 Å². The predicted molar refractivity (Wildman–Crippen MR) is 161 cm³/mol. The number of benzene rings is 3. The molecule has 2 aliphatic heterocycles. The van der Waals surface area contributed by atoms with Crippen molar-refractivity contribution in [3.8, 4) is 22.5 Å². The number of rotatable bonds is 9. The second-order valence-corrected chi connectivity index (χ2v) is 11.0. The lowest BCUT2D eigenvalue weighted by atomic mass is 9.89. The molecule has 0 atom stereocenters. The van der Waals surface area contributed by atoms with Crippen molar-refractivity contribution in [2.24, 2.45) is 0 Å². The molecule has 0 aromatic heterocycles. The van der Waals surface area contributed by atoms with Crippen LogP contribution in [-0.2, 0) is 19.2 Å². The molecule has 10 nitrogen and oxygen atoms in total. The molecule has 43 heavy (non-hydrogen) atoms. The summed E-state index contributed by atoms with van der Waals surface area (Å²) in [4.78, 5) is 55.7. The normalized spacial score (nSPS) is 13.2. The Morgan fingerprint density at radius 1 is 0.977 bits per heavy atom. The van der Waals surface area contributed by atoms with E-state index in [2.05, 4.69) is 0 Å². The van der Waals surface area contributed by atoms with E-state index < -0.39 is 17.8 Å². The first-order chi connectivity index (χ1) is 20.5. The van der Waals surface area contributed by atoms with Gasteiger partial charge in [0, 0.05) is 72.8 Å². The molecule has 3 aliphatic rings. The molecule has 222 valence electrons. The largest absolute Gasteiger partial charge is 0.456 e. The number of aryl methyl sites for hydroxylation is 2. The Balaban J connectivity index is 1.34. The molecule has 2 aromatic carbocycles. The van der Waals surface area contributed by atoms with Crippen LogP contribution in [0.4, 0.5) is 5.69 Å². The Labute approximate surface area is 248 Å². The average Bonchev–Trinajstić information content (AvgIpc) is 3.29. The highest BCUT2D eigenvalue weighted by molar-refractivity contribution is 6.09. The summed E-state index contributed by atoms with van der Waals surface area (Å²) in [5.41, 5.74) is 12.0. The van der Waals surface area contributed by atoms with E-state index in [0.717, 1.165) is 33.2 Å². The molecule has 5 rings (SSSR count). The summed E-state index contributed by atoms with van der Waals surface area (Å²) in [6, 6.07) is 14.8. The maximum absolute atomic E-state index is 13.8. The highest BCUT2D eigenvalue weighted by atomic mass is 16.7. The van der Waals surface area contributed by atoms with Gasteiger partial charge in [0.05, 0.1) is 5.36 Å². The summed E-state index contributed by atoms with van der Waals surface area (Å²) in [6.45, 7) is 4.27. The average molecular weight is 583 g/mol. The molecule has 0 bridgehead atoms. The predicted octanol–water partition coefficient (Wildman–Crippen LogP) is 5.12. The van der Waals surface area contributed by atoms with E-state index in [4.69, 9.17) is 20.4 Å². The summed E-state index contributed by atoms with van der Waals surface area (Å²) < 4.78 is 6.20. The summed E-state index contributed by atoms with van der Waals surface area (Å²) >= 11 is 0. The Morgan fingerprint density at radius 2 is 1.70 bits per heavy atom. The number of anilines is 1. The maximum atomic E-state index is 13.8. The summed E-state index contributed by atoms with van der Waals surface area (Å²) in [7, 11) is 1.75. The van der Waals surface area contributed by atoms with Gasteiger partial charge in [-0.05, 0) is 61.6 Å². The third kappa shape index (κ3) is 5.99. The fourth-order valence-electron chi connectivity index (χ4n) is 5.30. The van der Waals surface area contributed by atoms with Crippen LogP contribution < -0.4 is 11.1 Å². The molecule has 0 radical (unpaired) electrons. The van der Waals surface area contributed by atoms with Crippen molar-refractivity contribution < 1.29 is 28.4 Å². The van der Waals surface area contributed by atoms with Gasteiger partial charge >= 0.3 is 5.97 Å². The standard InChI is InChI=1S/C33H34N4O6/c1-19-15-23-27(17-25(19)34)42-28-18-26(35)20(2)16-24(28)32(23)21-9-6-7-10-22(21)33(41)36(3)14-8-4-5-11-31(40)43-37-29(38)12-13-30(37)39/h6-7,9-10,15-18,34H,4-5,8,11-14,35H2,1-3H3. The van der Waals surface area contributed by atoms with E-state index in [1.54, 1.807) is 24.1 Å². The molecule has 1 saturated heterocycles. The SMILES string of the molecule is Cc1cc2c(-c3ccccc3C(=O)N(C)CCCCCC(=O)ON3C(=O)CCC3=O)c3cc(C)c(=N)cc-3oc2cc1N. The number of amides is 3. The van der Waals surface area contributed by atoms with Gasteiger partial charge in [-0.3, -0.25) is 14.4 Å². The monoisotopic (exact) mass is 582 g/mol. The number of hydroxylamine groups is 2. The van der Waals surface area contributed by atoms with Crippen LogP contribution in [0.3, 0.4) is 0 Å². The highest BCUT2D eigenvalue weighted by Gasteiger charge is 2.32. The van der Waals surface area contributed by atoms with Crippen molar-refractivity contribution in [2.45, 2.75) is 52.4 Å². The molecular formula is C33H34N4O6. The number of nitrogens with one attached hydrogen (secondary N) is 1.